The first-order chi connectivity index (χ1) is 8.63. The van der Waals surface area contributed by atoms with E-state index in [1.54, 1.807) is 11.9 Å². The maximum absolute atomic E-state index is 12.4. The lowest BCUT2D eigenvalue weighted by Gasteiger charge is -2.22. The van der Waals surface area contributed by atoms with E-state index in [9.17, 15) is 4.79 Å². The lowest BCUT2D eigenvalue weighted by Crippen LogP contribution is -2.34. The second-order valence-electron chi connectivity index (χ2n) is 4.81. The van der Waals surface area contributed by atoms with E-state index in [-0.39, 0.29) is 17.9 Å². The number of hydrogen-bond donors (Lipinski definition) is 1. The Bertz CT molecular complexity index is 434. The number of nitrogens with zero attached hydrogens (tertiary/aromatic N) is 1. The van der Waals surface area contributed by atoms with Gasteiger partial charge in [0.25, 0.3) is 0 Å². The van der Waals surface area contributed by atoms with Crippen LogP contribution in [0.3, 0.4) is 0 Å². The fourth-order valence-corrected chi connectivity index (χ4v) is 2.39. The molecule has 1 fully saturated rings. The SMILES string of the molecule is CC1CC(C(=O)N(C)c2ccccc2CN)CO1. The highest BCUT2D eigenvalue weighted by molar-refractivity contribution is 5.95. The van der Waals surface area contributed by atoms with Gasteiger partial charge in [0, 0.05) is 19.3 Å². The topological polar surface area (TPSA) is 55.6 Å². The number of hydrogen-bond acceptors (Lipinski definition) is 3. The van der Waals surface area contributed by atoms with E-state index in [0.717, 1.165) is 17.7 Å². The van der Waals surface area contributed by atoms with Gasteiger partial charge in [0.15, 0.2) is 0 Å². The molecule has 0 aliphatic carbocycles. The van der Waals surface area contributed by atoms with Crippen LogP contribution in [0.1, 0.15) is 18.9 Å². The molecule has 1 saturated heterocycles. The third-order valence-electron chi connectivity index (χ3n) is 3.45. The lowest BCUT2D eigenvalue weighted by molar-refractivity contribution is -0.122. The lowest BCUT2D eigenvalue weighted by atomic mass is 10.0. The standard InChI is InChI=1S/C14H20N2O2/c1-10-7-12(9-18-10)14(17)16(2)13-6-4-3-5-11(13)8-15/h3-6,10,12H,7-9,15H2,1-2H3. The molecular weight excluding hydrogens is 228 g/mol. The molecule has 4 heteroatoms. The Labute approximate surface area is 108 Å². The van der Waals surface area contributed by atoms with Gasteiger partial charge < -0.3 is 15.4 Å². The maximum atomic E-state index is 12.4. The molecule has 18 heavy (non-hydrogen) atoms. The molecule has 1 aromatic carbocycles. The third-order valence-corrected chi connectivity index (χ3v) is 3.45. The van der Waals surface area contributed by atoms with Crippen molar-refractivity contribution in [2.75, 3.05) is 18.6 Å². The van der Waals surface area contributed by atoms with Crippen LogP contribution in [0.25, 0.3) is 0 Å². The Balaban J connectivity index is 2.15. The molecule has 1 heterocycles. The van der Waals surface area contributed by atoms with Crippen molar-refractivity contribution >= 4 is 11.6 Å². The van der Waals surface area contributed by atoms with Gasteiger partial charge in [-0.1, -0.05) is 18.2 Å². The quantitative estimate of drug-likeness (QED) is 0.882. The Morgan fingerprint density at radius 2 is 2.22 bits per heavy atom. The van der Waals surface area contributed by atoms with E-state index in [0.29, 0.717) is 13.2 Å². The Hall–Kier alpha value is -1.39. The minimum absolute atomic E-state index is 0.0316. The second kappa shape index (κ2) is 5.50. The molecule has 0 bridgehead atoms. The minimum Gasteiger partial charge on any atom is -0.378 e. The first-order valence-electron chi connectivity index (χ1n) is 6.30. The highest BCUT2D eigenvalue weighted by Crippen LogP contribution is 2.25. The van der Waals surface area contributed by atoms with E-state index >= 15 is 0 Å². The summed E-state index contributed by atoms with van der Waals surface area (Å²) in [6.45, 7) is 2.96. The smallest absolute Gasteiger partial charge is 0.232 e. The molecule has 1 aliphatic heterocycles. The van der Waals surface area contributed by atoms with E-state index in [2.05, 4.69) is 0 Å². The van der Waals surface area contributed by atoms with Crippen LogP contribution >= 0.6 is 0 Å². The van der Waals surface area contributed by atoms with Crippen LogP contribution in [0.5, 0.6) is 0 Å². The fraction of sp³-hybridized carbons (Fsp3) is 0.500. The zero-order valence-electron chi connectivity index (χ0n) is 10.9. The van der Waals surface area contributed by atoms with Crippen LogP contribution in [0, 0.1) is 5.92 Å². The molecule has 1 aromatic rings. The Kier molecular flexibility index (Phi) is 3.99. The number of rotatable bonds is 3. The molecule has 1 aliphatic rings. The van der Waals surface area contributed by atoms with E-state index in [1.165, 1.54) is 0 Å². The molecule has 0 saturated carbocycles. The summed E-state index contributed by atoms with van der Waals surface area (Å²) in [7, 11) is 1.81. The van der Waals surface area contributed by atoms with Crippen LogP contribution in [-0.4, -0.2) is 25.7 Å². The molecule has 0 radical (unpaired) electrons. The number of carbonyl (C=O) groups is 1. The van der Waals surface area contributed by atoms with Gasteiger partial charge in [0.1, 0.15) is 0 Å². The van der Waals surface area contributed by atoms with Crippen molar-refractivity contribution in [1.29, 1.82) is 0 Å². The van der Waals surface area contributed by atoms with Gasteiger partial charge in [0.2, 0.25) is 5.91 Å². The van der Waals surface area contributed by atoms with E-state index < -0.39 is 0 Å². The first-order valence-corrected chi connectivity index (χ1v) is 6.30. The van der Waals surface area contributed by atoms with E-state index in [4.69, 9.17) is 10.5 Å². The number of para-hydroxylation sites is 1. The van der Waals surface area contributed by atoms with Crippen LogP contribution in [0.15, 0.2) is 24.3 Å². The molecule has 2 rings (SSSR count). The summed E-state index contributed by atoms with van der Waals surface area (Å²) in [6.07, 6.45) is 0.977. The third kappa shape index (κ3) is 2.54. The van der Waals surface area contributed by atoms with E-state index in [1.807, 2.05) is 31.2 Å². The van der Waals surface area contributed by atoms with Crippen LogP contribution in [0.4, 0.5) is 5.69 Å². The average Bonchev–Trinajstić information content (AvgIpc) is 2.83. The molecule has 4 nitrogen and oxygen atoms in total. The molecule has 0 spiro atoms. The summed E-state index contributed by atoms with van der Waals surface area (Å²) < 4.78 is 5.46. The highest BCUT2D eigenvalue weighted by Gasteiger charge is 2.31. The van der Waals surface area contributed by atoms with Gasteiger partial charge >= 0.3 is 0 Å². The Morgan fingerprint density at radius 1 is 1.50 bits per heavy atom. The number of anilines is 1. The van der Waals surface area contributed by atoms with Gasteiger partial charge in [-0.15, -0.1) is 0 Å². The van der Waals surface area contributed by atoms with Crippen molar-refractivity contribution in [1.82, 2.24) is 0 Å². The van der Waals surface area contributed by atoms with Crippen molar-refractivity contribution in [3.05, 3.63) is 29.8 Å². The Morgan fingerprint density at radius 3 is 2.83 bits per heavy atom. The molecule has 98 valence electrons. The molecular formula is C14H20N2O2. The molecule has 2 atom stereocenters. The van der Waals surface area contributed by atoms with Crippen molar-refractivity contribution in [3.8, 4) is 0 Å². The van der Waals surface area contributed by atoms with Crippen molar-refractivity contribution in [2.45, 2.75) is 26.0 Å². The summed E-state index contributed by atoms with van der Waals surface area (Å²) in [5.74, 6) is 0.0797. The van der Waals surface area contributed by atoms with Gasteiger partial charge in [-0.3, -0.25) is 4.79 Å². The minimum atomic E-state index is -0.0316. The summed E-state index contributed by atoms with van der Waals surface area (Å²) in [4.78, 5) is 14.1. The van der Waals surface area contributed by atoms with Crippen LogP contribution in [0.2, 0.25) is 0 Å². The number of ether oxygens (including phenoxy) is 1. The summed E-state index contributed by atoms with van der Waals surface area (Å²) >= 11 is 0. The summed E-state index contributed by atoms with van der Waals surface area (Å²) in [6, 6.07) is 7.74. The summed E-state index contributed by atoms with van der Waals surface area (Å²) in [5.41, 5.74) is 7.58. The largest absolute Gasteiger partial charge is 0.378 e. The zero-order valence-corrected chi connectivity index (χ0v) is 10.9. The first kappa shape index (κ1) is 13.1. The van der Waals surface area contributed by atoms with Gasteiger partial charge in [-0.2, -0.15) is 0 Å². The fourth-order valence-electron chi connectivity index (χ4n) is 2.39. The van der Waals surface area contributed by atoms with Crippen LogP contribution < -0.4 is 10.6 Å². The van der Waals surface area contributed by atoms with Crippen molar-refractivity contribution in [3.63, 3.8) is 0 Å². The average molecular weight is 248 g/mol. The van der Waals surface area contributed by atoms with Crippen molar-refractivity contribution < 1.29 is 9.53 Å². The van der Waals surface area contributed by atoms with Crippen LogP contribution in [-0.2, 0) is 16.1 Å². The summed E-state index contributed by atoms with van der Waals surface area (Å²) in [5, 5.41) is 0. The molecule has 1 amide bonds. The zero-order chi connectivity index (χ0) is 13.1. The van der Waals surface area contributed by atoms with Gasteiger partial charge in [-0.25, -0.2) is 0 Å². The maximum Gasteiger partial charge on any atom is 0.232 e. The van der Waals surface area contributed by atoms with Gasteiger partial charge in [-0.05, 0) is 25.0 Å². The van der Waals surface area contributed by atoms with Crippen molar-refractivity contribution in [2.24, 2.45) is 11.7 Å². The predicted molar refractivity (Wildman–Crippen MR) is 71.3 cm³/mol. The number of carbonyl (C=O) groups excluding carboxylic acids is 1. The molecule has 2 N–H and O–H groups in total. The monoisotopic (exact) mass is 248 g/mol. The molecule has 2 unspecified atom stereocenters. The van der Waals surface area contributed by atoms with Gasteiger partial charge in [0.05, 0.1) is 18.6 Å². The highest BCUT2D eigenvalue weighted by atomic mass is 16.5. The normalized spacial score (nSPS) is 23.1. The number of amides is 1. The number of benzene rings is 1. The number of nitrogens with two attached hydrogens (primary N) is 1. The predicted octanol–water partition coefficient (Wildman–Crippen LogP) is 1.53. The second-order valence-corrected chi connectivity index (χ2v) is 4.81. The molecule has 0 aromatic heterocycles.